The van der Waals surface area contributed by atoms with E-state index in [-0.39, 0.29) is 11.9 Å². The van der Waals surface area contributed by atoms with Crippen LogP contribution in [0.4, 0.5) is 0 Å². The van der Waals surface area contributed by atoms with Crippen molar-refractivity contribution in [2.75, 3.05) is 32.7 Å². The second-order valence-electron chi connectivity index (χ2n) is 5.23. The summed E-state index contributed by atoms with van der Waals surface area (Å²) < 4.78 is 0. The molecule has 3 saturated heterocycles. The second kappa shape index (κ2) is 3.46. The average molecular weight is 209 g/mol. The Balaban J connectivity index is 1.77. The summed E-state index contributed by atoms with van der Waals surface area (Å²) in [5.74, 6) is 0.261. The molecule has 0 unspecified atom stereocenters. The number of piperazine rings is 1. The van der Waals surface area contributed by atoms with Gasteiger partial charge in [-0.1, -0.05) is 0 Å². The van der Waals surface area contributed by atoms with Crippen LogP contribution in [0.25, 0.3) is 0 Å². The maximum Gasteiger partial charge on any atom is 0.237 e. The molecule has 0 aromatic rings. The molecule has 84 valence electrons. The second-order valence-corrected chi connectivity index (χ2v) is 5.23. The first-order chi connectivity index (χ1) is 7.29. The molecular formula is C11H19N3O. The van der Waals surface area contributed by atoms with Crippen molar-refractivity contribution in [1.29, 1.82) is 0 Å². The first-order valence-electron chi connectivity index (χ1n) is 6.02. The van der Waals surface area contributed by atoms with Crippen molar-refractivity contribution in [3.05, 3.63) is 0 Å². The summed E-state index contributed by atoms with van der Waals surface area (Å²) in [7, 11) is 0. The molecule has 3 aliphatic rings. The summed E-state index contributed by atoms with van der Waals surface area (Å²) in [5, 5.41) is 6.39. The van der Waals surface area contributed by atoms with E-state index in [1.165, 1.54) is 12.8 Å². The molecule has 1 atom stereocenters. The number of nitrogens with zero attached hydrogens (tertiary/aromatic N) is 1. The number of piperidine rings is 1. The largest absolute Gasteiger partial charge is 0.353 e. The van der Waals surface area contributed by atoms with E-state index in [2.05, 4.69) is 15.5 Å². The van der Waals surface area contributed by atoms with E-state index in [4.69, 9.17) is 0 Å². The molecule has 0 aliphatic carbocycles. The molecule has 4 heteroatoms. The monoisotopic (exact) mass is 209 g/mol. The average Bonchev–Trinajstić information content (AvgIpc) is 2.59. The van der Waals surface area contributed by atoms with Crippen LogP contribution in [0.5, 0.6) is 0 Å². The van der Waals surface area contributed by atoms with E-state index in [0.717, 1.165) is 39.1 Å². The summed E-state index contributed by atoms with van der Waals surface area (Å²) in [6.45, 7) is 5.28. The zero-order valence-corrected chi connectivity index (χ0v) is 9.09. The fraction of sp³-hybridized carbons (Fsp3) is 0.909. The number of nitrogens with one attached hydrogen (secondary N) is 2. The van der Waals surface area contributed by atoms with Crippen molar-refractivity contribution >= 4 is 5.91 Å². The zero-order valence-electron chi connectivity index (χ0n) is 9.09. The highest BCUT2D eigenvalue weighted by atomic mass is 16.2. The predicted molar refractivity (Wildman–Crippen MR) is 57.5 cm³/mol. The first-order valence-corrected chi connectivity index (χ1v) is 6.02. The number of carbonyl (C=O) groups is 1. The minimum atomic E-state index is 0.178. The topological polar surface area (TPSA) is 44.4 Å². The fourth-order valence-corrected chi connectivity index (χ4v) is 3.40. The molecule has 4 nitrogen and oxygen atoms in total. The van der Waals surface area contributed by atoms with Crippen molar-refractivity contribution in [2.24, 2.45) is 5.41 Å². The summed E-state index contributed by atoms with van der Waals surface area (Å²) in [6, 6.07) is 0.178. The van der Waals surface area contributed by atoms with Crippen LogP contribution < -0.4 is 10.6 Å². The molecule has 3 aliphatic heterocycles. The van der Waals surface area contributed by atoms with Crippen LogP contribution in [0, 0.1) is 5.41 Å². The molecule has 0 aromatic carbocycles. The molecule has 0 saturated carbocycles. The first kappa shape index (κ1) is 9.60. The third kappa shape index (κ3) is 1.56. The smallest absolute Gasteiger partial charge is 0.237 e. The van der Waals surface area contributed by atoms with Crippen molar-refractivity contribution < 1.29 is 4.79 Å². The standard InChI is InChI=1S/C11H19N3O/c15-10-9-7-11(1-3-12-4-2-11)8-14(9)6-5-13-10/h9,12H,1-8H2,(H,13,15)/t9-/m0/s1. The minimum absolute atomic E-state index is 0.178. The Morgan fingerprint density at radius 3 is 2.80 bits per heavy atom. The van der Waals surface area contributed by atoms with Gasteiger partial charge in [0.2, 0.25) is 5.91 Å². The van der Waals surface area contributed by atoms with Gasteiger partial charge in [-0.15, -0.1) is 0 Å². The quantitative estimate of drug-likeness (QED) is 0.568. The van der Waals surface area contributed by atoms with Gasteiger partial charge in [-0.25, -0.2) is 0 Å². The van der Waals surface area contributed by atoms with Crippen molar-refractivity contribution in [3.63, 3.8) is 0 Å². The number of rotatable bonds is 0. The summed E-state index contributed by atoms with van der Waals surface area (Å²) in [5.41, 5.74) is 0.442. The molecule has 3 fully saturated rings. The van der Waals surface area contributed by atoms with Gasteiger partial charge in [0.05, 0.1) is 6.04 Å². The van der Waals surface area contributed by atoms with Gasteiger partial charge in [-0.2, -0.15) is 0 Å². The third-order valence-electron chi connectivity index (χ3n) is 4.27. The molecule has 2 N–H and O–H groups in total. The Hall–Kier alpha value is -0.610. The molecule has 1 amide bonds. The highest BCUT2D eigenvalue weighted by Crippen LogP contribution is 2.42. The van der Waals surface area contributed by atoms with E-state index >= 15 is 0 Å². The lowest BCUT2D eigenvalue weighted by Gasteiger charge is -2.33. The summed E-state index contributed by atoms with van der Waals surface area (Å²) >= 11 is 0. The molecule has 1 spiro atoms. The SMILES string of the molecule is O=C1NCCN2CC3(CCNCC3)C[C@@H]12. The van der Waals surface area contributed by atoms with Gasteiger partial charge in [0.1, 0.15) is 0 Å². The van der Waals surface area contributed by atoms with Gasteiger partial charge in [-0.3, -0.25) is 9.69 Å². The Kier molecular flexibility index (Phi) is 2.21. The highest BCUT2D eigenvalue weighted by molar-refractivity contribution is 5.83. The third-order valence-corrected chi connectivity index (χ3v) is 4.27. The summed E-state index contributed by atoms with van der Waals surface area (Å²) in [6.07, 6.45) is 3.57. The number of fused-ring (bicyclic) bond motifs is 1. The zero-order chi connectivity index (χ0) is 10.3. The van der Waals surface area contributed by atoms with Gasteiger partial charge in [0.15, 0.2) is 0 Å². The summed E-state index contributed by atoms with van der Waals surface area (Å²) in [4.78, 5) is 14.1. The molecule has 3 heterocycles. The van der Waals surface area contributed by atoms with Crippen molar-refractivity contribution in [1.82, 2.24) is 15.5 Å². The van der Waals surface area contributed by atoms with Crippen LogP contribution in [0.3, 0.4) is 0 Å². The Morgan fingerprint density at radius 2 is 2.07 bits per heavy atom. The lowest BCUT2D eigenvalue weighted by molar-refractivity contribution is -0.127. The highest BCUT2D eigenvalue weighted by Gasteiger charge is 2.47. The van der Waals surface area contributed by atoms with Crippen molar-refractivity contribution in [2.45, 2.75) is 25.3 Å². The van der Waals surface area contributed by atoms with Crippen LogP contribution in [-0.2, 0) is 4.79 Å². The maximum absolute atomic E-state index is 11.7. The van der Waals surface area contributed by atoms with E-state index in [1.54, 1.807) is 0 Å². The van der Waals surface area contributed by atoms with Gasteiger partial charge >= 0.3 is 0 Å². The molecule has 3 rings (SSSR count). The van der Waals surface area contributed by atoms with Crippen LogP contribution in [0.2, 0.25) is 0 Å². The van der Waals surface area contributed by atoms with Crippen molar-refractivity contribution in [3.8, 4) is 0 Å². The maximum atomic E-state index is 11.7. The normalized spacial score (nSPS) is 35.2. The van der Waals surface area contributed by atoms with Crippen LogP contribution in [0.1, 0.15) is 19.3 Å². The fourth-order valence-electron chi connectivity index (χ4n) is 3.40. The van der Waals surface area contributed by atoms with E-state index in [9.17, 15) is 4.79 Å². The Bertz CT molecular complexity index is 273. The molecule has 0 radical (unpaired) electrons. The number of hydrogen-bond acceptors (Lipinski definition) is 3. The lowest BCUT2D eigenvalue weighted by atomic mass is 9.77. The molecule has 0 bridgehead atoms. The van der Waals surface area contributed by atoms with Gasteiger partial charge in [0.25, 0.3) is 0 Å². The van der Waals surface area contributed by atoms with E-state index in [0.29, 0.717) is 5.41 Å². The Labute approximate surface area is 90.4 Å². The lowest BCUT2D eigenvalue weighted by Crippen LogP contribution is -2.52. The molecule has 0 aromatic heterocycles. The number of hydrogen-bond donors (Lipinski definition) is 2. The van der Waals surface area contributed by atoms with Gasteiger partial charge < -0.3 is 10.6 Å². The van der Waals surface area contributed by atoms with E-state index < -0.39 is 0 Å². The Morgan fingerprint density at radius 1 is 1.27 bits per heavy atom. The molecule has 15 heavy (non-hydrogen) atoms. The molecular weight excluding hydrogens is 190 g/mol. The van der Waals surface area contributed by atoms with Crippen LogP contribution in [-0.4, -0.2) is 49.6 Å². The number of amides is 1. The predicted octanol–water partition coefficient (Wildman–Crippen LogP) is -0.440. The van der Waals surface area contributed by atoms with Gasteiger partial charge in [-0.05, 0) is 37.8 Å². The minimum Gasteiger partial charge on any atom is -0.353 e. The van der Waals surface area contributed by atoms with Crippen LogP contribution >= 0.6 is 0 Å². The van der Waals surface area contributed by atoms with Crippen LogP contribution in [0.15, 0.2) is 0 Å². The van der Waals surface area contributed by atoms with E-state index in [1.807, 2.05) is 0 Å². The van der Waals surface area contributed by atoms with Gasteiger partial charge in [0, 0.05) is 19.6 Å². The number of carbonyl (C=O) groups excluding carboxylic acids is 1.